The van der Waals surface area contributed by atoms with Crippen LogP contribution in [0.3, 0.4) is 0 Å². The fraction of sp³-hybridized carbons (Fsp3) is 1.00. The Morgan fingerprint density at radius 2 is 1.38 bits per heavy atom. The van der Waals surface area contributed by atoms with E-state index in [2.05, 4.69) is 48.5 Å². The molecule has 7 aliphatic rings. The fourth-order valence-corrected chi connectivity index (χ4v) is 15.2. The van der Waals surface area contributed by atoms with Gasteiger partial charge in [-0.05, 0) is 117 Å². The highest BCUT2D eigenvalue weighted by Crippen LogP contribution is 2.89. The number of ether oxygens (including phenoxy) is 10. The van der Waals surface area contributed by atoms with Crippen LogP contribution in [0.5, 0.6) is 0 Å². The molecule has 0 bridgehead atoms. The second kappa shape index (κ2) is 13.9. The molecule has 2 saturated heterocycles. The van der Waals surface area contributed by atoms with Crippen molar-refractivity contribution in [1.82, 2.24) is 0 Å². The van der Waals surface area contributed by atoms with Crippen molar-refractivity contribution in [2.75, 3.05) is 56.4 Å². The van der Waals surface area contributed by atoms with Gasteiger partial charge in [-0.1, -0.05) is 27.7 Å². The molecule has 10 nitrogen and oxygen atoms in total. The summed E-state index contributed by atoms with van der Waals surface area (Å²) in [6.45, 7) is 17.2. The molecule has 0 aromatic carbocycles. The van der Waals surface area contributed by atoms with Crippen LogP contribution in [-0.4, -0.2) is 123 Å². The Morgan fingerprint density at radius 3 is 1.98 bits per heavy atom. The van der Waals surface area contributed by atoms with E-state index in [1.165, 1.54) is 25.7 Å². The lowest BCUT2D eigenvalue weighted by atomic mass is 9.41. The molecule has 53 heavy (non-hydrogen) atoms. The van der Waals surface area contributed by atoms with Gasteiger partial charge in [-0.2, -0.15) is 0 Å². The van der Waals surface area contributed by atoms with Gasteiger partial charge >= 0.3 is 0 Å². The monoisotopic (exact) mass is 751 g/mol. The third-order valence-corrected chi connectivity index (χ3v) is 17.8. The van der Waals surface area contributed by atoms with E-state index < -0.39 is 12.4 Å². The highest BCUT2D eigenvalue weighted by Gasteiger charge is 2.85. The van der Waals surface area contributed by atoms with Gasteiger partial charge in [0.25, 0.3) is 0 Å². The summed E-state index contributed by atoms with van der Waals surface area (Å²) in [7, 11) is 12.5. The Labute approximate surface area is 320 Å². The maximum atomic E-state index is 7.50. The Morgan fingerprint density at radius 1 is 0.679 bits per heavy atom. The summed E-state index contributed by atoms with van der Waals surface area (Å²) in [5, 5.41) is 0. The van der Waals surface area contributed by atoms with Crippen LogP contribution in [0.2, 0.25) is 0 Å². The number of methoxy groups -OCH3 is 7. The normalized spacial score (nSPS) is 53.1. The minimum absolute atomic E-state index is 0.0255. The van der Waals surface area contributed by atoms with Gasteiger partial charge in [0.1, 0.15) is 24.4 Å². The smallest absolute Gasteiger partial charge is 0.187 e. The van der Waals surface area contributed by atoms with E-state index in [0.717, 1.165) is 32.1 Å². The Hall–Kier alpha value is -0.400. The van der Waals surface area contributed by atoms with Crippen LogP contribution >= 0.6 is 0 Å². The molecule has 0 aromatic heterocycles. The van der Waals surface area contributed by atoms with Gasteiger partial charge in [-0.15, -0.1) is 0 Å². The summed E-state index contributed by atoms with van der Waals surface area (Å²) >= 11 is 0. The molecule has 3 unspecified atom stereocenters. The zero-order chi connectivity index (χ0) is 38.6. The van der Waals surface area contributed by atoms with Crippen molar-refractivity contribution in [1.29, 1.82) is 0 Å². The molecule has 7 fully saturated rings. The molecule has 0 amide bonds. The molecule has 0 aromatic rings. The van der Waals surface area contributed by atoms with Crippen molar-refractivity contribution in [2.24, 2.45) is 44.8 Å². The van der Waals surface area contributed by atoms with E-state index in [4.69, 9.17) is 47.4 Å². The van der Waals surface area contributed by atoms with Crippen LogP contribution in [0.15, 0.2) is 0 Å². The van der Waals surface area contributed by atoms with E-state index in [1.807, 2.05) is 21.3 Å². The zero-order valence-corrected chi connectivity index (χ0v) is 35.6. The molecule has 5 aliphatic carbocycles. The maximum Gasteiger partial charge on any atom is 0.187 e. The molecule has 0 N–H and O–H groups in total. The van der Waals surface area contributed by atoms with Crippen molar-refractivity contribution >= 4 is 0 Å². The lowest BCUT2D eigenvalue weighted by Gasteiger charge is -2.65. The average molecular weight is 751 g/mol. The molecule has 17 atom stereocenters. The molecule has 0 radical (unpaired) electrons. The van der Waals surface area contributed by atoms with Crippen molar-refractivity contribution in [2.45, 2.75) is 173 Å². The van der Waals surface area contributed by atoms with Gasteiger partial charge < -0.3 is 47.4 Å². The van der Waals surface area contributed by atoms with Gasteiger partial charge in [0.05, 0.1) is 42.2 Å². The van der Waals surface area contributed by atoms with Crippen molar-refractivity contribution in [3.8, 4) is 0 Å². The minimum Gasteiger partial charge on any atom is -0.382 e. The SMILES string of the molecule is COC[C@H]1O[C@@H](OC2C[C@@H]3C4(CC[C@]5(C)C([C@@]6(C)CC[C@@H](C(C)(C)OC)O6)[C@@H](OC)C[C@@]35C)C[C@@]43CC[C@H](OC)C(C)(C)[C@H]23)[C@H](OC)[C@@H](OC)[C@@H]1OC. The number of hydrogen-bond acceptors (Lipinski definition) is 10. The molecular formula is C43H74O10. The van der Waals surface area contributed by atoms with Gasteiger partial charge in [-0.25, -0.2) is 0 Å². The number of fused-ring (bicyclic) bond motifs is 2. The van der Waals surface area contributed by atoms with Crippen LogP contribution in [0.4, 0.5) is 0 Å². The molecule has 2 spiro atoms. The van der Waals surface area contributed by atoms with Crippen LogP contribution in [0.1, 0.15) is 106 Å². The van der Waals surface area contributed by atoms with Gasteiger partial charge in [0.15, 0.2) is 6.29 Å². The van der Waals surface area contributed by atoms with Crippen LogP contribution in [-0.2, 0) is 47.4 Å². The topological polar surface area (TPSA) is 92.3 Å². The second-order valence-corrected chi connectivity index (χ2v) is 20.2. The average Bonchev–Trinajstić information content (AvgIpc) is 3.46. The highest BCUT2D eigenvalue weighted by molar-refractivity contribution is 5.33. The highest BCUT2D eigenvalue weighted by atomic mass is 16.7. The second-order valence-electron chi connectivity index (χ2n) is 20.2. The third kappa shape index (κ3) is 5.60. The first kappa shape index (κ1) is 40.8. The molecule has 306 valence electrons. The molecule has 10 heteroatoms. The predicted octanol–water partition coefficient (Wildman–Crippen LogP) is 6.84. The van der Waals surface area contributed by atoms with Crippen LogP contribution in [0.25, 0.3) is 0 Å². The first-order valence-corrected chi connectivity index (χ1v) is 20.6. The van der Waals surface area contributed by atoms with E-state index in [9.17, 15) is 0 Å². The van der Waals surface area contributed by atoms with Crippen molar-refractivity contribution in [3.05, 3.63) is 0 Å². The minimum atomic E-state index is -0.638. The first-order chi connectivity index (χ1) is 25.0. The van der Waals surface area contributed by atoms with E-state index in [-0.39, 0.29) is 86.9 Å². The Balaban J connectivity index is 1.28. The number of rotatable bonds is 12. The summed E-state index contributed by atoms with van der Waals surface area (Å²) < 4.78 is 64.2. The Kier molecular flexibility index (Phi) is 10.7. The molecule has 7 rings (SSSR count). The summed E-state index contributed by atoms with van der Waals surface area (Å²) in [4.78, 5) is 0. The first-order valence-electron chi connectivity index (χ1n) is 20.6. The molecular weight excluding hydrogens is 676 g/mol. The summed E-state index contributed by atoms with van der Waals surface area (Å²) in [5.74, 6) is 1.05. The zero-order valence-electron chi connectivity index (χ0n) is 35.6. The lowest BCUT2D eigenvalue weighted by molar-refractivity contribution is -0.339. The summed E-state index contributed by atoms with van der Waals surface area (Å²) in [6.07, 6.45) is 8.06. The van der Waals surface area contributed by atoms with Gasteiger partial charge in [-0.3, -0.25) is 0 Å². The third-order valence-electron chi connectivity index (χ3n) is 17.8. The van der Waals surface area contributed by atoms with Gasteiger partial charge in [0.2, 0.25) is 0 Å². The molecule has 2 aliphatic heterocycles. The standard InChI is InChI=1S/C43H74O10/c1-37(2)29(46-10)16-18-43-24-42(43)20-19-39(5)35(41(7)17-15-30(53-41)38(3,4)50-14)26(45-9)22-40(39,6)28(42)21-25(34(37)43)51-36-33(49-13)32(48-12)31(47-11)27(52-36)23-44-8/h25-36H,15-24H2,1-14H3/t25?,26-,27+,28-,29-,30-,31+,32-,33+,34-,35?,36+,39+,40-,41+,42?,43+/m0/s1. The predicted molar refractivity (Wildman–Crippen MR) is 201 cm³/mol. The summed E-state index contributed by atoms with van der Waals surface area (Å²) in [6, 6.07) is 0. The van der Waals surface area contributed by atoms with Crippen LogP contribution in [0, 0.1) is 44.8 Å². The summed E-state index contributed by atoms with van der Waals surface area (Å²) in [5.41, 5.74) is -0.216. The van der Waals surface area contributed by atoms with Crippen molar-refractivity contribution in [3.63, 3.8) is 0 Å². The maximum absolute atomic E-state index is 7.50. The van der Waals surface area contributed by atoms with Crippen molar-refractivity contribution < 1.29 is 47.4 Å². The number of hydrogen-bond donors (Lipinski definition) is 0. The molecule has 5 saturated carbocycles. The van der Waals surface area contributed by atoms with Crippen LogP contribution < -0.4 is 0 Å². The van der Waals surface area contributed by atoms with Gasteiger partial charge in [0, 0.05) is 55.7 Å². The van der Waals surface area contributed by atoms with E-state index in [0.29, 0.717) is 18.4 Å². The van der Waals surface area contributed by atoms with E-state index >= 15 is 0 Å². The molecule has 2 heterocycles. The quantitative estimate of drug-likeness (QED) is 0.198. The largest absolute Gasteiger partial charge is 0.382 e. The fourth-order valence-electron chi connectivity index (χ4n) is 15.2. The lowest BCUT2D eigenvalue weighted by Crippen LogP contribution is -2.65. The Bertz CT molecular complexity index is 1330. The van der Waals surface area contributed by atoms with E-state index in [1.54, 1.807) is 28.4 Å².